The predicted molar refractivity (Wildman–Crippen MR) is 107 cm³/mol. The number of anilines is 1. The Kier molecular flexibility index (Phi) is 3.75. The molecular formula is C21H20N6O. The minimum Gasteiger partial charge on any atom is -0.306 e. The van der Waals surface area contributed by atoms with Crippen LogP contribution in [-0.2, 0) is 19.9 Å². The number of rotatable bonds is 3. The van der Waals surface area contributed by atoms with Crippen LogP contribution in [0.1, 0.15) is 33.7 Å². The Hall–Kier alpha value is -3.48. The molecule has 0 bridgehead atoms. The van der Waals surface area contributed by atoms with Crippen molar-refractivity contribution in [3.8, 4) is 5.69 Å². The highest BCUT2D eigenvalue weighted by atomic mass is 16.1. The molecule has 3 heterocycles. The van der Waals surface area contributed by atoms with Gasteiger partial charge in [-0.2, -0.15) is 10.2 Å². The van der Waals surface area contributed by atoms with Crippen LogP contribution >= 0.6 is 0 Å². The Morgan fingerprint density at radius 2 is 1.96 bits per heavy atom. The molecule has 0 atom stereocenters. The standard InChI is InChI=1S/C21H20N6O/c1-13-17-11-14(12-22-19(17)26(2)24-13)21(28)23-20-16-9-6-10-18(16)25-27(20)15-7-4-3-5-8-15/h3-5,7-8,11-12H,6,9-10H2,1-2H3,(H,23,28). The van der Waals surface area contributed by atoms with E-state index in [2.05, 4.69) is 15.4 Å². The zero-order valence-corrected chi connectivity index (χ0v) is 15.8. The van der Waals surface area contributed by atoms with Gasteiger partial charge in [0.05, 0.1) is 22.6 Å². The van der Waals surface area contributed by atoms with Crippen LogP contribution in [0, 0.1) is 6.92 Å². The van der Waals surface area contributed by atoms with Crippen molar-refractivity contribution in [2.75, 3.05) is 5.32 Å². The van der Waals surface area contributed by atoms with Crippen LogP contribution in [-0.4, -0.2) is 30.5 Å². The van der Waals surface area contributed by atoms with E-state index in [1.807, 2.05) is 55.1 Å². The summed E-state index contributed by atoms with van der Waals surface area (Å²) in [5, 5.41) is 13.1. The van der Waals surface area contributed by atoms with E-state index in [4.69, 9.17) is 5.10 Å². The Balaban J connectivity index is 1.54. The Morgan fingerprint density at radius 1 is 1.14 bits per heavy atom. The van der Waals surface area contributed by atoms with Crippen LogP contribution in [0.4, 0.5) is 5.82 Å². The van der Waals surface area contributed by atoms with E-state index in [1.54, 1.807) is 10.9 Å². The van der Waals surface area contributed by atoms with Crippen molar-refractivity contribution in [2.45, 2.75) is 26.2 Å². The van der Waals surface area contributed by atoms with Crippen molar-refractivity contribution in [1.29, 1.82) is 0 Å². The molecule has 3 aromatic heterocycles. The highest BCUT2D eigenvalue weighted by molar-refractivity contribution is 6.06. The third-order valence-electron chi connectivity index (χ3n) is 5.26. The summed E-state index contributed by atoms with van der Waals surface area (Å²) in [5.41, 5.74) is 5.26. The number of para-hydroxylation sites is 1. The molecule has 140 valence electrons. The van der Waals surface area contributed by atoms with Gasteiger partial charge in [0.25, 0.3) is 5.91 Å². The molecule has 7 heteroatoms. The molecule has 0 unspecified atom stereocenters. The van der Waals surface area contributed by atoms with E-state index in [1.165, 1.54) is 0 Å². The lowest BCUT2D eigenvalue weighted by Gasteiger charge is -2.11. The molecule has 0 radical (unpaired) electrons. The summed E-state index contributed by atoms with van der Waals surface area (Å²) in [7, 11) is 1.85. The lowest BCUT2D eigenvalue weighted by molar-refractivity contribution is 0.102. The lowest BCUT2D eigenvalue weighted by Crippen LogP contribution is -2.16. The summed E-state index contributed by atoms with van der Waals surface area (Å²) < 4.78 is 3.56. The van der Waals surface area contributed by atoms with Gasteiger partial charge in [0, 0.05) is 24.2 Å². The number of aromatic nitrogens is 5. The first-order chi connectivity index (χ1) is 13.6. The summed E-state index contributed by atoms with van der Waals surface area (Å²) >= 11 is 0. The second-order valence-electron chi connectivity index (χ2n) is 7.13. The Labute approximate surface area is 162 Å². The summed E-state index contributed by atoms with van der Waals surface area (Å²) in [5.74, 6) is 0.566. The lowest BCUT2D eigenvalue weighted by atomic mass is 10.2. The fourth-order valence-corrected chi connectivity index (χ4v) is 3.89. The van der Waals surface area contributed by atoms with Crippen molar-refractivity contribution in [2.24, 2.45) is 7.05 Å². The first-order valence-electron chi connectivity index (χ1n) is 9.38. The zero-order chi connectivity index (χ0) is 19.3. The monoisotopic (exact) mass is 372 g/mol. The number of aryl methyl sites for hydroxylation is 3. The number of benzene rings is 1. The fourth-order valence-electron chi connectivity index (χ4n) is 3.89. The van der Waals surface area contributed by atoms with E-state index >= 15 is 0 Å². The average Bonchev–Trinajstić information content (AvgIpc) is 3.37. The average molecular weight is 372 g/mol. The Morgan fingerprint density at radius 3 is 2.79 bits per heavy atom. The fraction of sp³-hybridized carbons (Fsp3) is 0.238. The molecule has 28 heavy (non-hydrogen) atoms. The van der Waals surface area contributed by atoms with Gasteiger partial charge in [0.1, 0.15) is 5.82 Å². The molecule has 0 fully saturated rings. The molecule has 0 aliphatic heterocycles. The summed E-state index contributed by atoms with van der Waals surface area (Å²) in [6.45, 7) is 1.92. The van der Waals surface area contributed by atoms with Crippen LogP contribution in [0.5, 0.6) is 0 Å². The number of nitrogens with zero attached hydrogens (tertiary/aromatic N) is 5. The van der Waals surface area contributed by atoms with Gasteiger partial charge in [-0.05, 0) is 44.4 Å². The maximum atomic E-state index is 13.0. The number of hydrogen-bond donors (Lipinski definition) is 1. The summed E-state index contributed by atoms with van der Waals surface area (Å²) in [6, 6.07) is 11.7. The minimum atomic E-state index is -0.190. The number of pyridine rings is 1. The molecule has 1 aliphatic rings. The van der Waals surface area contributed by atoms with Crippen molar-refractivity contribution >= 4 is 22.8 Å². The second-order valence-corrected chi connectivity index (χ2v) is 7.13. The summed E-state index contributed by atoms with van der Waals surface area (Å²) in [6.07, 6.45) is 4.54. The largest absolute Gasteiger partial charge is 0.306 e. The van der Waals surface area contributed by atoms with Gasteiger partial charge in [0.15, 0.2) is 5.65 Å². The van der Waals surface area contributed by atoms with E-state index in [9.17, 15) is 4.79 Å². The minimum absolute atomic E-state index is 0.190. The number of fused-ring (bicyclic) bond motifs is 2. The molecule has 0 saturated carbocycles. The first-order valence-corrected chi connectivity index (χ1v) is 9.38. The highest BCUT2D eigenvalue weighted by Crippen LogP contribution is 2.31. The first kappa shape index (κ1) is 16.7. The molecule has 0 saturated heterocycles. The van der Waals surface area contributed by atoms with Gasteiger partial charge in [-0.3, -0.25) is 9.48 Å². The van der Waals surface area contributed by atoms with Crippen molar-refractivity contribution in [3.05, 3.63) is 65.1 Å². The van der Waals surface area contributed by atoms with Crippen LogP contribution in [0.3, 0.4) is 0 Å². The maximum Gasteiger partial charge on any atom is 0.258 e. The van der Waals surface area contributed by atoms with Crippen LogP contribution in [0.15, 0.2) is 42.6 Å². The third-order valence-corrected chi connectivity index (χ3v) is 5.26. The third kappa shape index (κ3) is 2.58. The van der Waals surface area contributed by atoms with E-state index in [0.717, 1.165) is 58.8 Å². The molecule has 4 aromatic rings. The van der Waals surface area contributed by atoms with Gasteiger partial charge in [-0.15, -0.1) is 0 Å². The smallest absolute Gasteiger partial charge is 0.258 e. The number of carbonyl (C=O) groups excluding carboxylic acids is 1. The molecule has 1 amide bonds. The topological polar surface area (TPSA) is 77.6 Å². The van der Waals surface area contributed by atoms with Gasteiger partial charge in [-0.25, -0.2) is 9.67 Å². The van der Waals surface area contributed by atoms with Gasteiger partial charge in [0.2, 0.25) is 0 Å². The van der Waals surface area contributed by atoms with E-state index in [0.29, 0.717) is 5.56 Å². The molecule has 0 spiro atoms. The number of carbonyl (C=O) groups is 1. The molecular weight excluding hydrogens is 352 g/mol. The van der Waals surface area contributed by atoms with E-state index < -0.39 is 0 Å². The number of hydrogen-bond acceptors (Lipinski definition) is 4. The van der Waals surface area contributed by atoms with Crippen LogP contribution < -0.4 is 5.32 Å². The molecule has 1 aromatic carbocycles. The Bertz CT molecular complexity index is 1200. The van der Waals surface area contributed by atoms with Crippen LogP contribution in [0.2, 0.25) is 0 Å². The van der Waals surface area contributed by atoms with Gasteiger partial charge in [-0.1, -0.05) is 18.2 Å². The molecule has 1 aliphatic carbocycles. The van der Waals surface area contributed by atoms with Crippen molar-refractivity contribution < 1.29 is 4.79 Å². The number of nitrogens with one attached hydrogen (secondary N) is 1. The van der Waals surface area contributed by atoms with Gasteiger partial charge < -0.3 is 5.32 Å². The molecule has 1 N–H and O–H groups in total. The molecule has 5 rings (SSSR count). The summed E-state index contributed by atoms with van der Waals surface area (Å²) in [4.78, 5) is 17.5. The van der Waals surface area contributed by atoms with Gasteiger partial charge >= 0.3 is 0 Å². The SMILES string of the molecule is Cc1nn(C)c2ncc(C(=O)Nc3c4c(nn3-c3ccccc3)CCC4)cc12. The molecule has 7 nitrogen and oxygen atoms in total. The van der Waals surface area contributed by atoms with Crippen LogP contribution in [0.25, 0.3) is 16.7 Å². The quantitative estimate of drug-likeness (QED) is 0.599. The number of amides is 1. The highest BCUT2D eigenvalue weighted by Gasteiger charge is 2.25. The predicted octanol–water partition coefficient (Wildman–Crippen LogP) is 3.20. The zero-order valence-electron chi connectivity index (χ0n) is 15.8. The van der Waals surface area contributed by atoms with E-state index in [-0.39, 0.29) is 5.91 Å². The maximum absolute atomic E-state index is 13.0. The van der Waals surface area contributed by atoms with Crippen molar-refractivity contribution in [1.82, 2.24) is 24.5 Å². The second kappa shape index (κ2) is 6.30. The van der Waals surface area contributed by atoms with Crippen molar-refractivity contribution in [3.63, 3.8) is 0 Å². The normalized spacial score (nSPS) is 13.1.